The Labute approximate surface area is 119 Å². The van der Waals surface area contributed by atoms with Crippen LogP contribution in [0.2, 0.25) is 0 Å². The van der Waals surface area contributed by atoms with Crippen molar-refractivity contribution in [3.8, 4) is 0 Å². The molecular weight excluding hydrogens is 272 g/mol. The lowest BCUT2D eigenvalue weighted by atomic mass is 10.1. The zero-order valence-electron chi connectivity index (χ0n) is 11.8. The fourth-order valence-corrected chi connectivity index (χ4v) is 3.37. The fourth-order valence-electron chi connectivity index (χ4n) is 1.97. The minimum Gasteiger partial charge on any atom is -0.398 e. The summed E-state index contributed by atoms with van der Waals surface area (Å²) in [5.41, 5.74) is 9.26. The lowest BCUT2D eigenvalue weighted by Crippen LogP contribution is -2.15. The number of nitrogens with two attached hydrogens (primary N) is 1. The maximum absolute atomic E-state index is 12.5. The molecule has 0 aliphatic rings. The van der Waals surface area contributed by atoms with Gasteiger partial charge in [0, 0.05) is 5.69 Å². The van der Waals surface area contributed by atoms with E-state index in [1.54, 1.807) is 25.1 Å². The molecule has 0 amide bonds. The molecule has 106 valence electrons. The van der Waals surface area contributed by atoms with Crippen molar-refractivity contribution in [3.05, 3.63) is 53.1 Å². The van der Waals surface area contributed by atoms with Crippen LogP contribution in [0.15, 0.2) is 41.3 Å². The van der Waals surface area contributed by atoms with E-state index in [0.29, 0.717) is 16.9 Å². The summed E-state index contributed by atoms with van der Waals surface area (Å²) in [6, 6.07) is 10.5. The smallest absolute Gasteiger partial charge is 0.262 e. The Morgan fingerprint density at radius 3 is 2.45 bits per heavy atom. The van der Waals surface area contributed by atoms with Crippen molar-refractivity contribution in [3.63, 3.8) is 0 Å². The van der Waals surface area contributed by atoms with Crippen LogP contribution in [0.4, 0.5) is 11.4 Å². The van der Waals surface area contributed by atoms with E-state index < -0.39 is 10.0 Å². The Kier molecular flexibility index (Phi) is 3.72. The van der Waals surface area contributed by atoms with Crippen molar-refractivity contribution in [2.45, 2.75) is 25.7 Å². The molecule has 0 atom stereocenters. The first-order valence-electron chi connectivity index (χ1n) is 6.26. The Hall–Kier alpha value is -2.01. The van der Waals surface area contributed by atoms with E-state index in [1.807, 2.05) is 32.0 Å². The number of rotatable bonds is 3. The SMILES string of the molecule is Cc1ccc(C)c(NS(=O)(=O)c2cccc(N)c2C)c1. The van der Waals surface area contributed by atoms with Gasteiger partial charge in [-0.05, 0) is 55.7 Å². The summed E-state index contributed by atoms with van der Waals surface area (Å²) in [7, 11) is -3.64. The predicted octanol–water partition coefficient (Wildman–Crippen LogP) is 2.99. The lowest BCUT2D eigenvalue weighted by molar-refractivity contribution is 0.600. The van der Waals surface area contributed by atoms with E-state index in [-0.39, 0.29) is 4.90 Å². The first-order valence-corrected chi connectivity index (χ1v) is 7.75. The highest BCUT2D eigenvalue weighted by atomic mass is 32.2. The monoisotopic (exact) mass is 290 g/mol. The fraction of sp³-hybridized carbons (Fsp3) is 0.200. The molecule has 0 unspecified atom stereocenters. The third-order valence-corrected chi connectivity index (χ3v) is 4.76. The summed E-state index contributed by atoms with van der Waals surface area (Å²) >= 11 is 0. The van der Waals surface area contributed by atoms with Crippen molar-refractivity contribution in [2.75, 3.05) is 10.5 Å². The van der Waals surface area contributed by atoms with Gasteiger partial charge in [0.25, 0.3) is 10.0 Å². The average molecular weight is 290 g/mol. The number of hydrogen-bond donors (Lipinski definition) is 2. The number of hydrogen-bond acceptors (Lipinski definition) is 3. The Morgan fingerprint density at radius 2 is 1.75 bits per heavy atom. The molecule has 0 heterocycles. The molecule has 0 saturated heterocycles. The van der Waals surface area contributed by atoms with Gasteiger partial charge in [0.15, 0.2) is 0 Å². The summed E-state index contributed by atoms with van der Waals surface area (Å²) in [4.78, 5) is 0.207. The van der Waals surface area contributed by atoms with Gasteiger partial charge in [0.1, 0.15) is 0 Å². The Balaban J connectivity index is 2.46. The first-order chi connectivity index (χ1) is 9.31. The van der Waals surface area contributed by atoms with Crippen molar-refractivity contribution in [2.24, 2.45) is 0 Å². The molecule has 20 heavy (non-hydrogen) atoms. The average Bonchev–Trinajstić information content (AvgIpc) is 2.36. The van der Waals surface area contributed by atoms with Gasteiger partial charge in [-0.15, -0.1) is 0 Å². The molecule has 4 nitrogen and oxygen atoms in total. The molecule has 0 spiro atoms. The van der Waals surface area contributed by atoms with Crippen LogP contribution >= 0.6 is 0 Å². The van der Waals surface area contributed by atoms with Gasteiger partial charge < -0.3 is 5.73 Å². The van der Waals surface area contributed by atoms with Gasteiger partial charge in [0.2, 0.25) is 0 Å². The van der Waals surface area contributed by atoms with E-state index in [2.05, 4.69) is 4.72 Å². The molecule has 0 saturated carbocycles. The Bertz CT molecular complexity index is 752. The van der Waals surface area contributed by atoms with Gasteiger partial charge in [-0.3, -0.25) is 4.72 Å². The summed E-state index contributed by atoms with van der Waals surface area (Å²) in [5, 5.41) is 0. The second-order valence-electron chi connectivity index (χ2n) is 4.89. The second-order valence-corrected chi connectivity index (χ2v) is 6.55. The van der Waals surface area contributed by atoms with Gasteiger partial charge >= 0.3 is 0 Å². The van der Waals surface area contributed by atoms with Crippen LogP contribution in [0.5, 0.6) is 0 Å². The molecule has 0 aromatic heterocycles. The standard InChI is InChI=1S/C15H18N2O2S/c1-10-7-8-11(2)14(9-10)17-20(18,19)15-6-4-5-13(16)12(15)3/h4-9,17H,16H2,1-3H3. The van der Waals surface area contributed by atoms with Gasteiger partial charge in [0.05, 0.1) is 10.6 Å². The maximum Gasteiger partial charge on any atom is 0.262 e. The molecular formula is C15H18N2O2S. The number of nitrogens with one attached hydrogen (secondary N) is 1. The molecule has 0 bridgehead atoms. The number of aryl methyl sites for hydroxylation is 2. The molecule has 0 radical (unpaired) electrons. The zero-order valence-corrected chi connectivity index (χ0v) is 12.6. The lowest BCUT2D eigenvalue weighted by Gasteiger charge is -2.13. The molecule has 2 aromatic rings. The number of anilines is 2. The Morgan fingerprint density at radius 1 is 1.05 bits per heavy atom. The zero-order chi connectivity index (χ0) is 14.9. The van der Waals surface area contributed by atoms with Crippen LogP contribution in [-0.4, -0.2) is 8.42 Å². The van der Waals surface area contributed by atoms with E-state index in [9.17, 15) is 8.42 Å². The topological polar surface area (TPSA) is 72.2 Å². The van der Waals surface area contributed by atoms with Crippen molar-refractivity contribution < 1.29 is 8.42 Å². The number of benzene rings is 2. The maximum atomic E-state index is 12.5. The summed E-state index contributed by atoms with van der Waals surface area (Å²) in [6.45, 7) is 5.49. The molecule has 2 rings (SSSR count). The van der Waals surface area contributed by atoms with Crippen LogP contribution in [0.1, 0.15) is 16.7 Å². The first kappa shape index (κ1) is 14.4. The highest BCUT2D eigenvalue weighted by molar-refractivity contribution is 7.92. The third-order valence-electron chi connectivity index (χ3n) is 3.25. The quantitative estimate of drug-likeness (QED) is 0.854. The third kappa shape index (κ3) is 2.77. The summed E-state index contributed by atoms with van der Waals surface area (Å²) in [5.74, 6) is 0. The van der Waals surface area contributed by atoms with Crippen molar-refractivity contribution in [1.29, 1.82) is 0 Å². The minimum atomic E-state index is -3.64. The predicted molar refractivity (Wildman–Crippen MR) is 82.3 cm³/mol. The van der Waals surface area contributed by atoms with Gasteiger partial charge in [-0.2, -0.15) is 0 Å². The number of nitrogen functional groups attached to an aromatic ring is 1. The van der Waals surface area contributed by atoms with Crippen molar-refractivity contribution >= 4 is 21.4 Å². The normalized spacial score (nSPS) is 11.3. The summed E-state index contributed by atoms with van der Waals surface area (Å²) in [6.07, 6.45) is 0. The highest BCUT2D eigenvalue weighted by Crippen LogP contribution is 2.25. The van der Waals surface area contributed by atoms with Crippen LogP contribution in [0.3, 0.4) is 0 Å². The van der Waals surface area contributed by atoms with Gasteiger partial charge in [-0.1, -0.05) is 18.2 Å². The van der Waals surface area contributed by atoms with Crippen molar-refractivity contribution in [1.82, 2.24) is 0 Å². The number of sulfonamides is 1. The minimum absolute atomic E-state index is 0.207. The second kappa shape index (κ2) is 5.17. The molecule has 2 aromatic carbocycles. The highest BCUT2D eigenvalue weighted by Gasteiger charge is 2.18. The molecule has 5 heteroatoms. The molecule has 0 aliphatic heterocycles. The van der Waals surface area contributed by atoms with E-state index in [4.69, 9.17) is 5.73 Å². The van der Waals surface area contributed by atoms with E-state index >= 15 is 0 Å². The van der Waals surface area contributed by atoms with Crippen LogP contribution in [0.25, 0.3) is 0 Å². The van der Waals surface area contributed by atoms with Crippen LogP contribution in [-0.2, 0) is 10.0 Å². The van der Waals surface area contributed by atoms with E-state index in [1.165, 1.54) is 0 Å². The molecule has 3 N–H and O–H groups in total. The van der Waals surface area contributed by atoms with Crippen LogP contribution in [0, 0.1) is 20.8 Å². The van der Waals surface area contributed by atoms with Crippen LogP contribution < -0.4 is 10.5 Å². The summed E-state index contributed by atoms with van der Waals surface area (Å²) < 4.78 is 27.6. The van der Waals surface area contributed by atoms with Gasteiger partial charge in [-0.25, -0.2) is 8.42 Å². The molecule has 0 aliphatic carbocycles. The molecule has 0 fully saturated rings. The van der Waals surface area contributed by atoms with E-state index in [0.717, 1.165) is 11.1 Å². The largest absolute Gasteiger partial charge is 0.398 e.